The topological polar surface area (TPSA) is 50.4 Å². The second-order valence-corrected chi connectivity index (χ2v) is 4.80. The molecule has 0 spiro atoms. The first-order chi connectivity index (χ1) is 8.74. The Bertz CT molecular complexity index is 534. The van der Waals surface area contributed by atoms with Crippen molar-refractivity contribution in [2.24, 2.45) is 5.92 Å². The second kappa shape index (κ2) is 4.33. The standard InChI is InChI=1S/C15H14O3/c16-15(17)13-8-12(9-13)10-3-5-11(6-4-10)14-2-1-7-18-14/h1-7,12-13H,8-9H2,(H,16,17). The van der Waals surface area contributed by atoms with Crippen LogP contribution in [0.3, 0.4) is 0 Å². The average Bonchev–Trinajstić information content (AvgIpc) is 2.81. The maximum absolute atomic E-state index is 10.8. The summed E-state index contributed by atoms with van der Waals surface area (Å²) in [6, 6.07) is 12.0. The Balaban J connectivity index is 1.71. The van der Waals surface area contributed by atoms with Gasteiger partial charge in [-0.2, -0.15) is 0 Å². The van der Waals surface area contributed by atoms with Gasteiger partial charge in [0.2, 0.25) is 0 Å². The fourth-order valence-electron chi connectivity index (χ4n) is 2.45. The highest BCUT2D eigenvalue weighted by Crippen LogP contribution is 2.42. The van der Waals surface area contributed by atoms with E-state index in [9.17, 15) is 4.79 Å². The van der Waals surface area contributed by atoms with Gasteiger partial charge in [-0.1, -0.05) is 24.3 Å². The molecule has 1 aromatic heterocycles. The lowest BCUT2D eigenvalue weighted by molar-refractivity contribution is -0.145. The lowest BCUT2D eigenvalue weighted by Crippen LogP contribution is -2.28. The van der Waals surface area contributed by atoms with Crippen LogP contribution in [0.25, 0.3) is 11.3 Å². The van der Waals surface area contributed by atoms with Crippen molar-refractivity contribution in [3.05, 3.63) is 48.2 Å². The Morgan fingerprint density at radius 2 is 1.89 bits per heavy atom. The monoisotopic (exact) mass is 242 g/mol. The van der Waals surface area contributed by atoms with Crippen LogP contribution >= 0.6 is 0 Å². The number of carboxylic acids is 1. The SMILES string of the molecule is O=C(O)C1CC(c2ccc(-c3ccco3)cc2)C1. The molecule has 0 amide bonds. The third kappa shape index (κ3) is 1.92. The summed E-state index contributed by atoms with van der Waals surface area (Å²) in [6.45, 7) is 0. The minimum absolute atomic E-state index is 0.153. The van der Waals surface area contributed by atoms with E-state index >= 15 is 0 Å². The van der Waals surface area contributed by atoms with Gasteiger partial charge < -0.3 is 9.52 Å². The van der Waals surface area contributed by atoms with E-state index < -0.39 is 5.97 Å². The largest absolute Gasteiger partial charge is 0.481 e. The molecule has 1 fully saturated rings. The zero-order chi connectivity index (χ0) is 12.5. The van der Waals surface area contributed by atoms with Crippen molar-refractivity contribution < 1.29 is 14.3 Å². The molecule has 1 aliphatic rings. The highest BCUT2D eigenvalue weighted by molar-refractivity contribution is 5.71. The van der Waals surface area contributed by atoms with E-state index in [-0.39, 0.29) is 5.92 Å². The molecule has 0 atom stereocenters. The summed E-state index contributed by atoms with van der Waals surface area (Å²) < 4.78 is 5.33. The van der Waals surface area contributed by atoms with E-state index in [1.807, 2.05) is 24.3 Å². The molecule has 1 aliphatic carbocycles. The van der Waals surface area contributed by atoms with Crippen LogP contribution in [-0.2, 0) is 4.79 Å². The van der Waals surface area contributed by atoms with Crippen molar-refractivity contribution in [1.82, 2.24) is 0 Å². The predicted octanol–water partition coefficient (Wildman–Crippen LogP) is 3.52. The summed E-state index contributed by atoms with van der Waals surface area (Å²) in [7, 11) is 0. The van der Waals surface area contributed by atoms with Crippen LogP contribution in [0.4, 0.5) is 0 Å². The highest BCUT2D eigenvalue weighted by Gasteiger charge is 2.35. The minimum Gasteiger partial charge on any atom is -0.481 e. The van der Waals surface area contributed by atoms with Crippen LogP contribution in [0, 0.1) is 5.92 Å². The first-order valence-electron chi connectivity index (χ1n) is 6.10. The molecule has 1 aromatic carbocycles. The lowest BCUT2D eigenvalue weighted by Gasteiger charge is -2.32. The van der Waals surface area contributed by atoms with Crippen LogP contribution < -0.4 is 0 Å². The van der Waals surface area contributed by atoms with Gasteiger partial charge in [0, 0.05) is 5.56 Å². The van der Waals surface area contributed by atoms with Gasteiger partial charge in [0.05, 0.1) is 12.2 Å². The number of carboxylic acid groups (broad SMARTS) is 1. The fraction of sp³-hybridized carbons (Fsp3) is 0.267. The van der Waals surface area contributed by atoms with Gasteiger partial charge in [-0.05, 0) is 36.5 Å². The molecule has 0 unspecified atom stereocenters. The molecule has 1 N–H and O–H groups in total. The van der Waals surface area contributed by atoms with Crippen LogP contribution in [-0.4, -0.2) is 11.1 Å². The van der Waals surface area contributed by atoms with Crippen molar-refractivity contribution in [2.45, 2.75) is 18.8 Å². The number of hydrogen-bond donors (Lipinski definition) is 1. The molecule has 0 bridgehead atoms. The summed E-state index contributed by atoms with van der Waals surface area (Å²) in [5.41, 5.74) is 2.28. The summed E-state index contributed by atoms with van der Waals surface area (Å²) >= 11 is 0. The molecule has 18 heavy (non-hydrogen) atoms. The molecule has 0 saturated heterocycles. The van der Waals surface area contributed by atoms with E-state index in [2.05, 4.69) is 12.1 Å². The average molecular weight is 242 g/mol. The summed E-state index contributed by atoms with van der Waals surface area (Å²) in [5.74, 6) is 0.438. The van der Waals surface area contributed by atoms with Gasteiger partial charge in [0.15, 0.2) is 0 Å². The van der Waals surface area contributed by atoms with Crippen LogP contribution in [0.5, 0.6) is 0 Å². The molecular formula is C15H14O3. The number of furan rings is 1. The smallest absolute Gasteiger partial charge is 0.306 e. The molecule has 3 heteroatoms. The molecule has 0 radical (unpaired) electrons. The van der Waals surface area contributed by atoms with Crippen molar-refractivity contribution >= 4 is 5.97 Å². The first kappa shape index (κ1) is 11.1. The maximum atomic E-state index is 10.8. The van der Waals surface area contributed by atoms with Crippen molar-refractivity contribution in [3.63, 3.8) is 0 Å². The molecule has 92 valence electrons. The third-order valence-corrected chi connectivity index (χ3v) is 3.68. The Morgan fingerprint density at radius 3 is 2.44 bits per heavy atom. The van der Waals surface area contributed by atoms with Gasteiger partial charge in [0.25, 0.3) is 0 Å². The molecule has 1 saturated carbocycles. The van der Waals surface area contributed by atoms with Gasteiger partial charge >= 0.3 is 5.97 Å². The van der Waals surface area contributed by atoms with E-state index in [0.29, 0.717) is 5.92 Å². The van der Waals surface area contributed by atoms with E-state index in [4.69, 9.17) is 9.52 Å². The minimum atomic E-state index is -0.668. The van der Waals surface area contributed by atoms with Crippen LogP contribution in [0.15, 0.2) is 47.1 Å². The third-order valence-electron chi connectivity index (χ3n) is 3.68. The molecule has 3 nitrogen and oxygen atoms in total. The second-order valence-electron chi connectivity index (χ2n) is 4.80. The zero-order valence-corrected chi connectivity index (χ0v) is 9.87. The molecule has 3 rings (SSSR count). The quantitative estimate of drug-likeness (QED) is 0.895. The summed E-state index contributed by atoms with van der Waals surface area (Å²) in [5, 5.41) is 8.85. The van der Waals surface area contributed by atoms with Crippen molar-refractivity contribution in [3.8, 4) is 11.3 Å². The van der Waals surface area contributed by atoms with Gasteiger partial charge in [-0.15, -0.1) is 0 Å². The van der Waals surface area contributed by atoms with Crippen molar-refractivity contribution in [1.29, 1.82) is 0 Å². The lowest BCUT2D eigenvalue weighted by atomic mass is 9.71. The Kier molecular flexibility index (Phi) is 2.67. The van der Waals surface area contributed by atoms with Gasteiger partial charge in [0.1, 0.15) is 5.76 Å². The Labute approximate surface area is 105 Å². The number of benzene rings is 1. The highest BCUT2D eigenvalue weighted by atomic mass is 16.4. The predicted molar refractivity (Wildman–Crippen MR) is 67.2 cm³/mol. The Hall–Kier alpha value is -2.03. The maximum Gasteiger partial charge on any atom is 0.306 e. The van der Waals surface area contributed by atoms with Gasteiger partial charge in [-0.3, -0.25) is 4.79 Å². The zero-order valence-electron chi connectivity index (χ0n) is 9.87. The molecule has 0 aliphatic heterocycles. The number of hydrogen-bond acceptors (Lipinski definition) is 2. The number of rotatable bonds is 3. The van der Waals surface area contributed by atoms with Crippen molar-refractivity contribution in [2.75, 3.05) is 0 Å². The summed E-state index contributed by atoms with van der Waals surface area (Å²) in [6.07, 6.45) is 3.18. The van der Waals surface area contributed by atoms with E-state index in [0.717, 1.165) is 24.2 Å². The first-order valence-corrected chi connectivity index (χ1v) is 6.10. The van der Waals surface area contributed by atoms with E-state index in [1.165, 1.54) is 5.56 Å². The van der Waals surface area contributed by atoms with Crippen LogP contribution in [0.1, 0.15) is 24.3 Å². The summed E-state index contributed by atoms with van der Waals surface area (Å²) in [4.78, 5) is 10.8. The molecular weight excluding hydrogens is 228 g/mol. The molecule has 1 heterocycles. The van der Waals surface area contributed by atoms with E-state index in [1.54, 1.807) is 6.26 Å². The Morgan fingerprint density at radius 1 is 1.17 bits per heavy atom. The fourth-order valence-corrected chi connectivity index (χ4v) is 2.45. The number of carbonyl (C=O) groups is 1. The normalized spacial score (nSPS) is 22.4. The van der Waals surface area contributed by atoms with Crippen LogP contribution in [0.2, 0.25) is 0 Å². The van der Waals surface area contributed by atoms with Gasteiger partial charge in [-0.25, -0.2) is 0 Å². The number of aliphatic carboxylic acids is 1. The molecule has 2 aromatic rings.